The fraction of sp³-hybridized carbons (Fsp3) is 0.0909. The van der Waals surface area contributed by atoms with Crippen molar-refractivity contribution in [2.75, 3.05) is 0 Å². The lowest BCUT2D eigenvalue weighted by molar-refractivity contribution is 0.306. The molecule has 0 atom stereocenters. The second kappa shape index (κ2) is 6.25. The van der Waals surface area contributed by atoms with E-state index in [0.717, 1.165) is 5.75 Å². The van der Waals surface area contributed by atoms with Gasteiger partial charge in [0.25, 0.3) is 0 Å². The number of rotatable bonds is 4. The largest absolute Gasteiger partial charge is 0.489 e. The van der Waals surface area contributed by atoms with Gasteiger partial charge in [-0.3, -0.25) is 0 Å². The molecule has 2 heteroatoms. The van der Waals surface area contributed by atoms with E-state index in [1.165, 1.54) is 27.6 Å². The molecule has 0 bridgehead atoms. The van der Waals surface area contributed by atoms with E-state index < -0.39 is 0 Å². The molecule has 4 aromatic rings. The summed E-state index contributed by atoms with van der Waals surface area (Å²) in [5.74, 6) is 0.892. The van der Waals surface area contributed by atoms with Crippen molar-refractivity contribution in [2.24, 2.45) is 7.05 Å². The van der Waals surface area contributed by atoms with E-state index in [0.29, 0.717) is 6.61 Å². The van der Waals surface area contributed by atoms with Crippen LogP contribution in [0.25, 0.3) is 22.0 Å². The Kier molecular flexibility index (Phi) is 3.80. The maximum Gasteiger partial charge on any atom is 0.119 e. The van der Waals surface area contributed by atoms with Crippen LogP contribution >= 0.6 is 0 Å². The highest BCUT2D eigenvalue weighted by Crippen LogP contribution is 2.26. The minimum absolute atomic E-state index is 0.593. The van der Waals surface area contributed by atoms with Crippen molar-refractivity contribution >= 4 is 10.9 Å². The van der Waals surface area contributed by atoms with Gasteiger partial charge in [0.1, 0.15) is 12.4 Å². The third-order valence-electron chi connectivity index (χ3n) is 4.32. The first kappa shape index (κ1) is 14.6. The number of hydrogen-bond acceptors (Lipinski definition) is 1. The lowest BCUT2D eigenvalue weighted by Gasteiger charge is -2.08. The summed E-state index contributed by atoms with van der Waals surface area (Å²) in [5.41, 5.74) is 4.86. The van der Waals surface area contributed by atoms with E-state index in [4.69, 9.17) is 4.74 Å². The van der Waals surface area contributed by atoms with Crippen molar-refractivity contribution in [1.82, 2.24) is 4.57 Å². The normalized spacial score (nSPS) is 10.9. The zero-order valence-corrected chi connectivity index (χ0v) is 13.6. The Labute approximate surface area is 141 Å². The fourth-order valence-electron chi connectivity index (χ4n) is 2.95. The monoisotopic (exact) mass is 313 g/mol. The number of hydrogen-bond donors (Lipinski definition) is 0. The molecule has 2 nitrogen and oxygen atoms in total. The summed E-state index contributed by atoms with van der Waals surface area (Å²) >= 11 is 0. The van der Waals surface area contributed by atoms with E-state index in [1.54, 1.807) is 0 Å². The first-order chi connectivity index (χ1) is 11.8. The summed E-state index contributed by atoms with van der Waals surface area (Å²) in [7, 11) is 2.07. The summed E-state index contributed by atoms with van der Waals surface area (Å²) in [6.45, 7) is 0.593. The Morgan fingerprint density at radius 2 is 1.54 bits per heavy atom. The van der Waals surface area contributed by atoms with Crippen LogP contribution in [0.2, 0.25) is 0 Å². The molecule has 0 fully saturated rings. The zero-order valence-electron chi connectivity index (χ0n) is 13.6. The van der Waals surface area contributed by atoms with Crippen LogP contribution in [-0.4, -0.2) is 4.57 Å². The highest BCUT2D eigenvalue weighted by Gasteiger charge is 2.03. The number of aryl methyl sites for hydroxylation is 1. The molecule has 0 aliphatic heterocycles. The summed E-state index contributed by atoms with van der Waals surface area (Å²) in [6.07, 6.45) is 2.09. The topological polar surface area (TPSA) is 14.2 Å². The van der Waals surface area contributed by atoms with Gasteiger partial charge in [0, 0.05) is 24.1 Å². The molecule has 0 unspecified atom stereocenters. The zero-order chi connectivity index (χ0) is 16.4. The van der Waals surface area contributed by atoms with Crippen molar-refractivity contribution in [2.45, 2.75) is 6.61 Å². The molecule has 118 valence electrons. The first-order valence-corrected chi connectivity index (χ1v) is 8.12. The lowest BCUT2D eigenvalue weighted by atomic mass is 10.0. The molecule has 0 aliphatic rings. The number of nitrogens with zero attached hydrogens (tertiary/aromatic N) is 1. The van der Waals surface area contributed by atoms with E-state index in [9.17, 15) is 0 Å². The van der Waals surface area contributed by atoms with Crippen LogP contribution in [0.5, 0.6) is 5.75 Å². The Hall–Kier alpha value is -3.00. The van der Waals surface area contributed by atoms with Crippen LogP contribution in [0.3, 0.4) is 0 Å². The van der Waals surface area contributed by atoms with Crippen molar-refractivity contribution in [3.8, 4) is 16.9 Å². The predicted molar refractivity (Wildman–Crippen MR) is 99.1 cm³/mol. The van der Waals surface area contributed by atoms with E-state index >= 15 is 0 Å². The van der Waals surface area contributed by atoms with Crippen LogP contribution in [0, 0.1) is 0 Å². The van der Waals surface area contributed by atoms with Crippen LogP contribution < -0.4 is 4.74 Å². The molecule has 0 amide bonds. The van der Waals surface area contributed by atoms with Crippen LogP contribution in [0.15, 0.2) is 85.1 Å². The predicted octanol–water partition coefficient (Wildman–Crippen LogP) is 5.42. The molecular formula is C22H19NO. The molecule has 0 saturated carbocycles. The molecule has 24 heavy (non-hydrogen) atoms. The number of fused-ring (bicyclic) bond motifs is 1. The molecule has 0 aliphatic carbocycles. The molecule has 0 N–H and O–H groups in total. The standard InChI is InChI=1S/C22H19NO/c1-23-14-13-20-15-19(9-12-22(20)23)18-7-10-21(11-8-18)24-16-17-5-3-2-4-6-17/h2-15H,16H2,1H3. The number of aromatic nitrogens is 1. The van der Waals surface area contributed by atoms with Gasteiger partial charge in [-0.15, -0.1) is 0 Å². The van der Waals surface area contributed by atoms with Gasteiger partial charge in [-0.25, -0.2) is 0 Å². The van der Waals surface area contributed by atoms with E-state index in [2.05, 4.69) is 66.3 Å². The minimum Gasteiger partial charge on any atom is -0.489 e. The molecule has 4 rings (SSSR count). The van der Waals surface area contributed by atoms with Gasteiger partial charge in [0.05, 0.1) is 0 Å². The minimum atomic E-state index is 0.593. The summed E-state index contributed by atoms with van der Waals surface area (Å²) in [5, 5.41) is 1.26. The maximum absolute atomic E-state index is 5.85. The van der Waals surface area contributed by atoms with Gasteiger partial charge in [0.15, 0.2) is 0 Å². The number of ether oxygens (including phenoxy) is 1. The summed E-state index contributed by atoms with van der Waals surface area (Å²) < 4.78 is 7.99. The van der Waals surface area contributed by atoms with Gasteiger partial charge in [0.2, 0.25) is 0 Å². The average molecular weight is 313 g/mol. The molecule has 0 saturated heterocycles. The van der Waals surface area contributed by atoms with Gasteiger partial charge < -0.3 is 9.30 Å². The Morgan fingerprint density at radius 3 is 2.33 bits per heavy atom. The van der Waals surface area contributed by atoms with Crippen LogP contribution in [0.1, 0.15) is 5.56 Å². The van der Waals surface area contributed by atoms with E-state index in [-0.39, 0.29) is 0 Å². The third kappa shape index (κ3) is 2.91. The van der Waals surface area contributed by atoms with Crippen LogP contribution in [-0.2, 0) is 13.7 Å². The summed E-state index contributed by atoms with van der Waals surface area (Å²) in [6, 6.07) is 27.2. The lowest BCUT2D eigenvalue weighted by Crippen LogP contribution is -1.94. The van der Waals surface area contributed by atoms with Gasteiger partial charge >= 0.3 is 0 Å². The van der Waals surface area contributed by atoms with Gasteiger partial charge in [-0.1, -0.05) is 48.5 Å². The smallest absolute Gasteiger partial charge is 0.119 e. The highest BCUT2D eigenvalue weighted by atomic mass is 16.5. The van der Waals surface area contributed by atoms with Crippen molar-refractivity contribution in [3.63, 3.8) is 0 Å². The molecule has 1 aromatic heterocycles. The highest BCUT2D eigenvalue weighted by molar-refractivity contribution is 5.85. The molecule has 1 heterocycles. The summed E-state index contributed by atoms with van der Waals surface area (Å²) in [4.78, 5) is 0. The van der Waals surface area contributed by atoms with Crippen LogP contribution in [0.4, 0.5) is 0 Å². The average Bonchev–Trinajstić information content (AvgIpc) is 3.02. The van der Waals surface area contributed by atoms with Crippen molar-refractivity contribution in [3.05, 3.63) is 90.6 Å². The molecule has 0 spiro atoms. The van der Waals surface area contributed by atoms with Crippen molar-refractivity contribution < 1.29 is 4.74 Å². The van der Waals surface area contributed by atoms with E-state index in [1.807, 2.05) is 30.3 Å². The third-order valence-corrected chi connectivity index (χ3v) is 4.32. The number of benzene rings is 3. The second-order valence-electron chi connectivity index (χ2n) is 6.00. The van der Waals surface area contributed by atoms with Crippen molar-refractivity contribution in [1.29, 1.82) is 0 Å². The molecular weight excluding hydrogens is 294 g/mol. The second-order valence-corrected chi connectivity index (χ2v) is 6.00. The SMILES string of the molecule is Cn1ccc2cc(-c3ccc(OCc4ccccc4)cc3)ccc21. The van der Waals surface area contributed by atoms with Gasteiger partial charge in [-0.05, 0) is 47.0 Å². The first-order valence-electron chi connectivity index (χ1n) is 8.12. The Balaban J connectivity index is 1.52. The quantitative estimate of drug-likeness (QED) is 0.490. The maximum atomic E-state index is 5.85. The Bertz CT molecular complexity index is 952. The molecule has 3 aromatic carbocycles. The molecule has 0 radical (unpaired) electrons. The fourth-order valence-corrected chi connectivity index (χ4v) is 2.95. The van der Waals surface area contributed by atoms with Gasteiger partial charge in [-0.2, -0.15) is 0 Å². The Morgan fingerprint density at radius 1 is 0.792 bits per heavy atom.